The Kier molecular flexibility index (Phi) is 6.53. The molecule has 3 aromatic rings. The summed E-state index contributed by atoms with van der Waals surface area (Å²) in [5, 5.41) is 4.50. The predicted octanol–water partition coefficient (Wildman–Crippen LogP) is 4.46. The van der Waals surface area contributed by atoms with E-state index in [2.05, 4.69) is 38.0 Å². The maximum atomic E-state index is 12.7. The van der Waals surface area contributed by atoms with Crippen LogP contribution in [0, 0.1) is 0 Å². The number of Topliss-reactive ketones (excluding diaryl/α,β-unsaturated/α-hetero) is 1. The van der Waals surface area contributed by atoms with Gasteiger partial charge in [0.05, 0.1) is 0 Å². The van der Waals surface area contributed by atoms with E-state index in [1.807, 2.05) is 50.2 Å². The van der Waals surface area contributed by atoms with E-state index in [1.165, 1.54) is 5.56 Å². The Morgan fingerprint density at radius 3 is 2.19 bits per heavy atom. The van der Waals surface area contributed by atoms with Crippen molar-refractivity contribution < 1.29 is 9.59 Å². The van der Waals surface area contributed by atoms with E-state index in [9.17, 15) is 9.59 Å². The standard InChI is InChI=1S/C26H32N4O2/c1-16(2)30-24(27)22(25(28)32)23(29-30)19-11-9-17(10-12-19)14-21(31)15-18-7-6-8-20(13-18)26(3,4)5/h6-13,16H,14-15,27H2,1-5H3,(H2,28,32). The highest BCUT2D eigenvalue weighted by atomic mass is 16.1. The minimum Gasteiger partial charge on any atom is -0.383 e. The molecule has 2 aromatic carbocycles. The average molecular weight is 433 g/mol. The van der Waals surface area contributed by atoms with E-state index in [1.54, 1.807) is 4.68 Å². The molecule has 0 atom stereocenters. The van der Waals surface area contributed by atoms with Crippen LogP contribution in [0.25, 0.3) is 11.3 Å². The fraction of sp³-hybridized carbons (Fsp3) is 0.346. The van der Waals surface area contributed by atoms with Gasteiger partial charge in [0, 0.05) is 24.4 Å². The second kappa shape index (κ2) is 8.99. The van der Waals surface area contributed by atoms with E-state index in [0.717, 1.165) is 16.7 Å². The van der Waals surface area contributed by atoms with Gasteiger partial charge in [-0.3, -0.25) is 9.59 Å². The van der Waals surface area contributed by atoms with Crippen molar-refractivity contribution in [3.63, 3.8) is 0 Å². The molecule has 6 heteroatoms. The number of ketones is 1. The summed E-state index contributed by atoms with van der Waals surface area (Å²) in [5.41, 5.74) is 16.3. The summed E-state index contributed by atoms with van der Waals surface area (Å²) < 4.78 is 1.60. The van der Waals surface area contributed by atoms with Crippen molar-refractivity contribution in [1.29, 1.82) is 0 Å². The van der Waals surface area contributed by atoms with Crippen molar-refractivity contribution in [2.75, 3.05) is 5.73 Å². The Morgan fingerprint density at radius 1 is 1.00 bits per heavy atom. The van der Waals surface area contributed by atoms with Gasteiger partial charge >= 0.3 is 0 Å². The number of nitrogens with two attached hydrogens (primary N) is 2. The number of carbonyl (C=O) groups is 2. The Hall–Kier alpha value is -3.41. The molecule has 1 aromatic heterocycles. The molecule has 0 saturated heterocycles. The minimum absolute atomic E-state index is 0.00414. The number of anilines is 1. The lowest BCUT2D eigenvalue weighted by Gasteiger charge is -2.19. The van der Waals surface area contributed by atoms with E-state index >= 15 is 0 Å². The summed E-state index contributed by atoms with van der Waals surface area (Å²) in [6.45, 7) is 10.4. The number of hydrogen-bond acceptors (Lipinski definition) is 4. The first-order chi connectivity index (χ1) is 15.0. The highest BCUT2D eigenvalue weighted by Crippen LogP contribution is 2.29. The zero-order valence-electron chi connectivity index (χ0n) is 19.5. The lowest BCUT2D eigenvalue weighted by molar-refractivity contribution is -0.117. The summed E-state index contributed by atoms with van der Waals surface area (Å²) in [5.74, 6) is -0.199. The summed E-state index contributed by atoms with van der Waals surface area (Å²) in [7, 11) is 0. The second-order valence-electron chi connectivity index (χ2n) is 9.55. The van der Waals surface area contributed by atoms with Crippen molar-refractivity contribution >= 4 is 17.5 Å². The van der Waals surface area contributed by atoms with Gasteiger partial charge in [-0.1, -0.05) is 69.3 Å². The summed E-state index contributed by atoms with van der Waals surface area (Å²) in [6, 6.07) is 15.7. The number of nitrogen functional groups attached to an aromatic ring is 1. The lowest BCUT2D eigenvalue weighted by atomic mass is 9.85. The van der Waals surface area contributed by atoms with Gasteiger partial charge in [-0.2, -0.15) is 5.10 Å². The molecule has 32 heavy (non-hydrogen) atoms. The van der Waals surface area contributed by atoms with Crippen LogP contribution in [0.5, 0.6) is 0 Å². The molecule has 0 unspecified atom stereocenters. The number of nitrogens with zero attached hydrogens (tertiary/aromatic N) is 2. The molecule has 0 fully saturated rings. The van der Waals surface area contributed by atoms with Gasteiger partial charge in [0.1, 0.15) is 22.9 Å². The molecule has 4 N–H and O–H groups in total. The molecule has 0 bridgehead atoms. The SMILES string of the molecule is CC(C)n1nc(-c2ccc(CC(=O)Cc3cccc(C(C)(C)C)c3)cc2)c(C(N)=O)c1N. The number of amides is 1. The fourth-order valence-electron chi connectivity index (χ4n) is 3.73. The predicted molar refractivity (Wildman–Crippen MR) is 129 cm³/mol. The van der Waals surface area contributed by atoms with Crippen LogP contribution >= 0.6 is 0 Å². The van der Waals surface area contributed by atoms with Crippen LogP contribution in [0.3, 0.4) is 0 Å². The molecule has 0 spiro atoms. The Balaban J connectivity index is 1.77. The van der Waals surface area contributed by atoms with Crippen molar-refractivity contribution in [2.24, 2.45) is 5.73 Å². The molecule has 0 aliphatic heterocycles. The molecule has 0 aliphatic carbocycles. The first-order valence-corrected chi connectivity index (χ1v) is 10.9. The van der Waals surface area contributed by atoms with Gasteiger partial charge in [-0.25, -0.2) is 4.68 Å². The summed E-state index contributed by atoms with van der Waals surface area (Å²) in [6.07, 6.45) is 0.734. The van der Waals surface area contributed by atoms with Crippen LogP contribution < -0.4 is 11.5 Å². The number of carbonyl (C=O) groups excluding carboxylic acids is 2. The second-order valence-corrected chi connectivity index (χ2v) is 9.55. The maximum Gasteiger partial charge on any atom is 0.254 e. The van der Waals surface area contributed by atoms with E-state index < -0.39 is 5.91 Å². The minimum atomic E-state index is -0.610. The third kappa shape index (κ3) is 5.07. The van der Waals surface area contributed by atoms with Crippen LogP contribution in [0.2, 0.25) is 0 Å². The third-order valence-electron chi connectivity index (χ3n) is 5.51. The monoisotopic (exact) mass is 432 g/mol. The normalized spacial score (nSPS) is 11.7. The van der Waals surface area contributed by atoms with E-state index in [-0.39, 0.29) is 28.6 Å². The van der Waals surface area contributed by atoms with Gasteiger partial charge in [-0.05, 0) is 36.0 Å². The molecule has 0 radical (unpaired) electrons. The van der Waals surface area contributed by atoms with Crippen molar-refractivity contribution in [3.8, 4) is 11.3 Å². The van der Waals surface area contributed by atoms with Crippen LogP contribution in [0.4, 0.5) is 5.82 Å². The zero-order chi connectivity index (χ0) is 23.6. The van der Waals surface area contributed by atoms with Crippen molar-refractivity contribution in [1.82, 2.24) is 9.78 Å². The molecule has 1 amide bonds. The molecule has 1 heterocycles. The maximum absolute atomic E-state index is 12.7. The van der Waals surface area contributed by atoms with Crippen LogP contribution in [0.1, 0.15) is 67.7 Å². The van der Waals surface area contributed by atoms with Crippen molar-refractivity contribution in [3.05, 3.63) is 70.8 Å². The van der Waals surface area contributed by atoms with E-state index in [0.29, 0.717) is 18.5 Å². The molecular formula is C26H32N4O2. The van der Waals surface area contributed by atoms with Gasteiger partial charge in [0.25, 0.3) is 5.91 Å². The molecule has 3 rings (SSSR count). The van der Waals surface area contributed by atoms with Gasteiger partial charge in [0.2, 0.25) is 0 Å². The lowest BCUT2D eigenvalue weighted by Crippen LogP contribution is -2.15. The molecule has 0 saturated carbocycles. The highest BCUT2D eigenvalue weighted by molar-refractivity contribution is 6.03. The number of aromatic nitrogens is 2. The quantitative estimate of drug-likeness (QED) is 0.575. The fourth-order valence-corrected chi connectivity index (χ4v) is 3.73. The first-order valence-electron chi connectivity index (χ1n) is 10.9. The zero-order valence-corrected chi connectivity index (χ0v) is 19.5. The topological polar surface area (TPSA) is 104 Å². The number of benzene rings is 2. The van der Waals surface area contributed by atoms with Crippen LogP contribution in [0.15, 0.2) is 48.5 Å². The Bertz CT molecular complexity index is 1140. The van der Waals surface area contributed by atoms with Crippen molar-refractivity contribution in [2.45, 2.75) is 58.9 Å². The molecular weight excluding hydrogens is 400 g/mol. The Labute approximate surface area is 189 Å². The van der Waals surface area contributed by atoms with E-state index in [4.69, 9.17) is 11.5 Å². The average Bonchev–Trinajstić information content (AvgIpc) is 3.05. The molecule has 6 nitrogen and oxygen atoms in total. The number of rotatable bonds is 7. The first kappa shape index (κ1) is 23.3. The van der Waals surface area contributed by atoms with Crippen LogP contribution in [-0.4, -0.2) is 21.5 Å². The summed E-state index contributed by atoms with van der Waals surface area (Å²) >= 11 is 0. The smallest absolute Gasteiger partial charge is 0.254 e. The molecule has 168 valence electrons. The number of hydrogen-bond donors (Lipinski definition) is 2. The Morgan fingerprint density at radius 2 is 1.62 bits per heavy atom. The van der Waals surface area contributed by atoms with Gasteiger partial charge < -0.3 is 11.5 Å². The largest absolute Gasteiger partial charge is 0.383 e. The third-order valence-corrected chi connectivity index (χ3v) is 5.51. The summed E-state index contributed by atoms with van der Waals surface area (Å²) in [4.78, 5) is 24.6. The highest BCUT2D eigenvalue weighted by Gasteiger charge is 2.22. The van der Waals surface area contributed by atoms with Crippen LogP contribution in [-0.2, 0) is 23.1 Å². The van der Waals surface area contributed by atoms with Gasteiger partial charge in [0.15, 0.2) is 0 Å². The number of primary amides is 1. The van der Waals surface area contributed by atoms with Gasteiger partial charge in [-0.15, -0.1) is 0 Å². The molecule has 0 aliphatic rings.